The molecule has 0 saturated heterocycles. The minimum atomic E-state index is -1.20. The van der Waals surface area contributed by atoms with Crippen LogP contribution < -0.4 is 21.3 Å². The van der Waals surface area contributed by atoms with Gasteiger partial charge in [0.05, 0.1) is 18.2 Å². The van der Waals surface area contributed by atoms with Crippen LogP contribution in [-0.4, -0.2) is 62.4 Å². The Balaban J connectivity index is 0.000000219. The van der Waals surface area contributed by atoms with Gasteiger partial charge in [0.25, 0.3) is 23.6 Å². The van der Waals surface area contributed by atoms with E-state index in [9.17, 15) is 32.8 Å². The summed E-state index contributed by atoms with van der Waals surface area (Å²) < 4.78 is 43.6. The van der Waals surface area contributed by atoms with Gasteiger partial charge in [-0.05, 0) is 147 Å². The molecule has 392 valence electrons. The van der Waals surface area contributed by atoms with E-state index >= 15 is 0 Å². The minimum absolute atomic E-state index is 0.0865. The molecule has 0 radical (unpaired) electrons. The van der Waals surface area contributed by atoms with Crippen LogP contribution in [0.1, 0.15) is 75.5 Å². The standard InChI is InChI=1S/C28H25FN2O5.C27H25FN2O3.C6H6.C2H2/c1-28(2,27(34)35-4)31-25(32)19-7-5-6-17(14-19)18-10-13-22-21(15-18)23(26(33)30-3)24(36-22)16-8-11-20(29)12-9-16;1-4-16(2)30-26(31)20-7-5-6-18(14-20)19-10-13-23-22(15-19)24(27(32)29-3)25(33-23)17-8-11-21(28)12-9-17;1-2-4-6-5-3-1;1-2/h5-15H,1-4H3,(H,30,33)(H,31,32);5-16H,4H2,1-3H3,(H,29,32)(H,30,31);1-6H;1-2H/t;16-;;/m.0../s1. The van der Waals surface area contributed by atoms with E-state index in [1.165, 1.54) is 38.4 Å². The number of benzene rings is 7. The Morgan fingerprint density at radius 2 is 0.909 bits per heavy atom. The fraction of sp³-hybridized carbons (Fsp3) is 0.159. The van der Waals surface area contributed by atoms with Crippen molar-refractivity contribution in [1.29, 1.82) is 0 Å². The molecular formula is C63H58F2N4O8. The Morgan fingerprint density at radius 3 is 1.29 bits per heavy atom. The molecule has 0 aliphatic rings. The van der Waals surface area contributed by atoms with Crippen LogP contribution in [0.25, 0.3) is 66.8 Å². The molecule has 12 nitrogen and oxygen atoms in total. The van der Waals surface area contributed by atoms with Crippen molar-refractivity contribution in [2.75, 3.05) is 21.2 Å². The molecule has 9 rings (SSSR count). The number of fused-ring (bicyclic) bond motifs is 2. The molecule has 4 N–H and O–H groups in total. The van der Waals surface area contributed by atoms with Crippen molar-refractivity contribution in [2.45, 2.75) is 45.7 Å². The number of methoxy groups -OCH3 is 1. The van der Waals surface area contributed by atoms with Gasteiger partial charge in [0, 0.05) is 53.2 Å². The van der Waals surface area contributed by atoms with Gasteiger partial charge in [0.15, 0.2) is 0 Å². The van der Waals surface area contributed by atoms with Crippen molar-refractivity contribution in [1.82, 2.24) is 21.3 Å². The molecule has 7 aromatic carbocycles. The van der Waals surface area contributed by atoms with E-state index in [0.29, 0.717) is 66.8 Å². The quantitative estimate of drug-likeness (QED) is 0.0692. The molecule has 14 heteroatoms. The lowest BCUT2D eigenvalue weighted by molar-refractivity contribution is -0.146. The Labute approximate surface area is 445 Å². The summed E-state index contributed by atoms with van der Waals surface area (Å²) in [7, 11) is 4.34. The van der Waals surface area contributed by atoms with Crippen LogP contribution in [-0.2, 0) is 9.53 Å². The second kappa shape index (κ2) is 26.0. The predicted octanol–water partition coefficient (Wildman–Crippen LogP) is 12.7. The second-order valence-electron chi connectivity index (χ2n) is 17.9. The molecule has 0 saturated carbocycles. The zero-order valence-electron chi connectivity index (χ0n) is 43.6. The van der Waals surface area contributed by atoms with Crippen LogP contribution in [0.3, 0.4) is 0 Å². The van der Waals surface area contributed by atoms with E-state index in [4.69, 9.17) is 13.6 Å². The molecule has 9 aromatic rings. The van der Waals surface area contributed by atoms with Crippen molar-refractivity contribution in [2.24, 2.45) is 0 Å². The van der Waals surface area contributed by atoms with Crippen molar-refractivity contribution in [3.05, 3.63) is 204 Å². The average Bonchev–Trinajstić information content (AvgIpc) is 4.07. The molecule has 77 heavy (non-hydrogen) atoms. The molecule has 2 aromatic heterocycles. The highest BCUT2D eigenvalue weighted by Crippen LogP contribution is 2.38. The van der Waals surface area contributed by atoms with Gasteiger partial charge in [-0.25, -0.2) is 13.6 Å². The van der Waals surface area contributed by atoms with Gasteiger partial charge < -0.3 is 34.8 Å². The number of hydrogen-bond donors (Lipinski definition) is 4. The number of furan rings is 2. The van der Waals surface area contributed by atoms with Crippen LogP contribution in [0, 0.1) is 24.5 Å². The zero-order valence-corrected chi connectivity index (χ0v) is 43.6. The number of ether oxygens (including phenoxy) is 1. The molecule has 0 bridgehead atoms. The van der Waals surface area contributed by atoms with Crippen molar-refractivity contribution < 1.29 is 46.3 Å². The third-order valence-electron chi connectivity index (χ3n) is 12.2. The third kappa shape index (κ3) is 13.8. The number of halogens is 2. The van der Waals surface area contributed by atoms with Gasteiger partial charge in [-0.1, -0.05) is 79.7 Å². The van der Waals surface area contributed by atoms with E-state index < -0.39 is 23.2 Å². The summed E-state index contributed by atoms with van der Waals surface area (Å²) in [5.41, 5.74) is 5.82. The molecule has 0 fully saturated rings. The van der Waals surface area contributed by atoms with Gasteiger partial charge in [0.1, 0.15) is 39.9 Å². The van der Waals surface area contributed by atoms with Crippen molar-refractivity contribution >= 4 is 51.5 Å². The highest BCUT2D eigenvalue weighted by Gasteiger charge is 2.31. The van der Waals surface area contributed by atoms with Crippen LogP contribution in [0.5, 0.6) is 0 Å². The first kappa shape index (κ1) is 56.7. The van der Waals surface area contributed by atoms with Gasteiger partial charge in [0.2, 0.25) is 0 Å². The summed E-state index contributed by atoms with van der Waals surface area (Å²) in [6.07, 6.45) is 8.85. The summed E-state index contributed by atoms with van der Waals surface area (Å²) in [6.45, 7) is 7.11. The van der Waals surface area contributed by atoms with E-state index in [1.54, 1.807) is 81.6 Å². The Bertz CT molecular complexity index is 3520. The number of amides is 4. The van der Waals surface area contributed by atoms with Gasteiger partial charge in [-0.15, -0.1) is 12.8 Å². The van der Waals surface area contributed by atoms with Crippen LogP contribution in [0.4, 0.5) is 8.78 Å². The number of esters is 1. The smallest absolute Gasteiger partial charge is 0.330 e. The largest absolute Gasteiger partial charge is 0.467 e. The van der Waals surface area contributed by atoms with E-state index in [-0.39, 0.29) is 29.6 Å². The number of nitrogens with one attached hydrogen (secondary N) is 4. The highest BCUT2D eigenvalue weighted by atomic mass is 19.1. The number of rotatable bonds is 12. The summed E-state index contributed by atoms with van der Waals surface area (Å²) in [5.74, 6) is -1.80. The lowest BCUT2D eigenvalue weighted by atomic mass is 9.98. The summed E-state index contributed by atoms with van der Waals surface area (Å²) in [6, 6.07) is 48.9. The first-order valence-corrected chi connectivity index (χ1v) is 24.4. The molecule has 4 amide bonds. The third-order valence-corrected chi connectivity index (χ3v) is 12.2. The Morgan fingerprint density at radius 1 is 0.532 bits per heavy atom. The maximum Gasteiger partial charge on any atom is 0.330 e. The maximum atomic E-state index is 13.4. The maximum absolute atomic E-state index is 13.4. The lowest BCUT2D eigenvalue weighted by Gasteiger charge is -2.23. The first-order valence-electron chi connectivity index (χ1n) is 24.4. The van der Waals surface area contributed by atoms with E-state index in [0.717, 1.165) is 28.7 Å². The zero-order chi connectivity index (χ0) is 55.8. The molecule has 0 aliphatic heterocycles. The lowest BCUT2D eigenvalue weighted by Crippen LogP contribution is -2.50. The summed E-state index contributed by atoms with van der Waals surface area (Å²) in [4.78, 5) is 62.9. The van der Waals surface area contributed by atoms with Crippen LogP contribution in [0.15, 0.2) is 179 Å². The molecule has 0 spiro atoms. The molecule has 2 heterocycles. The minimum Gasteiger partial charge on any atom is -0.467 e. The monoisotopic (exact) mass is 1040 g/mol. The van der Waals surface area contributed by atoms with Gasteiger partial charge in [-0.2, -0.15) is 0 Å². The first-order chi connectivity index (χ1) is 37.0. The van der Waals surface area contributed by atoms with Crippen LogP contribution >= 0.6 is 0 Å². The highest BCUT2D eigenvalue weighted by molar-refractivity contribution is 6.13. The Hall–Kier alpha value is -9.61. The average molecular weight is 1040 g/mol. The van der Waals surface area contributed by atoms with Crippen molar-refractivity contribution in [3.63, 3.8) is 0 Å². The topological polar surface area (TPSA) is 169 Å². The van der Waals surface area contributed by atoms with E-state index in [1.807, 2.05) is 98.8 Å². The number of carbonyl (C=O) groups is 5. The molecule has 0 unspecified atom stereocenters. The predicted molar refractivity (Wildman–Crippen MR) is 298 cm³/mol. The van der Waals surface area contributed by atoms with Gasteiger partial charge in [-0.3, -0.25) is 19.2 Å². The van der Waals surface area contributed by atoms with E-state index in [2.05, 4.69) is 34.1 Å². The molecule has 0 aliphatic carbocycles. The Kier molecular flexibility index (Phi) is 19.2. The molecular weight excluding hydrogens is 979 g/mol. The van der Waals surface area contributed by atoms with Crippen molar-refractivity contribution in [3.8, 4) is 57.7 Å². The van der Waals surface area contributed by atoms with Crippen LogP contribution in [0.2, 0.25) is 0 Å². The number of terminal acetylenes is 1. The molecule has 1 atom stereocenters. The number of carbonyl (C=O) groups excluding carboxylic acids is 5. The fourth-order valence-electron chi connectivity index (χ4n) is 8.00. The SMILES string of the molecule is C#C.CC[C@H](C)NC(=O)c1cccc(-c2ccc3oc(-c4ccc(F)cc4)c(C(=O)NC)c3c2)c1.CNC(=O)c1c(-c2ccc(F)cc2)oc2ccc(-c3cccc(C(=O)NC(C)(C)C(=O)OC)c3)cc12.c1ccccc1. The summed E-state index contributed by atoms with van der Waals surface area (Å²) >= 11 is 0. The normalized spacial score (nSPS) is 11.0. The number of hydrogen-bond acceptors (Lipinski definition) is 8. The fourth-order valence-corrected chi connectivity index (χ4v) is 8.00. The van der Waals surface area contributed by atoms with Gasteiger partial charge >= 0.3 is 5.97 Å². The second-order valence-corrected chi connectivity index (χ2v) is 17.9. The summed E-state index contributed by atoms with van der Waals surface area (Å²) in [5, 5.41) is 12.2.